The van der Waals surface area contributed by atoms with Crippen molar-refractivity contribution >= 4 is 65.4 Å². The third-order valence-corrected chi connectivity index (χ3v) is 12.3. The van der Waals surface area contributed by atoms with Crippen molar-refractivity contribution in [2.75, 3.05) is 0 Å². The molecule has 0 spiro atoms. The molecule has 0 aliphatic rings. The molecule has 7 heteroatoms. The van der Waals surface area contributed by atoms with Crippen molar-refractivity contribution in [1.29, 1.82) is 0 Å². The third-order valence-electron chi connectivity index (χ3n) is 12.3. The van der Waals surface area contributed by atoms with Crippen LogP contribution < -0.4 is 0 Å². The summed E-state index contributed by atoms with van der Waals surface area (Å²) in [4.78, 5) is 16.6. The van der Waals surface area contributed by atoms with Crippen LogP contribution >= 0.6 is 0 Å². The minimum atomic E-state index is 0. The zero-order valence-corrected chi connectivity index (χ0v) is 37.2. The number of hydrogen-bond acceptors (Lipinski definition) is 3. The number of nitrogens with zero attached hydrogens (tertiary/aromatic N) is 6. The molecule has 0 fully saturated rings. The minimum Gasteiger partial charge on any atom is -0.359 e. The average Bonchev–Trinajstić information content (AvgIpc) is 4.00. The quantitative estimate of drug-likeness (QED) is 0.156. The second kappa shape index (κ2) is 15.4. The van der Waals surface area contributed by atoms with Crippen LogP contribution in [0.4, 0.5) is 0 Å². The largest absolute Gasteiger partial charge is 0.359 e. The molecule has 13 rings (SSSR count). The second-order valence-electron chi connectivity index (χ2n) is 15.8. The number of fused-ring (bicyclic) bond motifs is 9. The molecule has 0 atom stereocenters. The molecule has 0 aliphatic heterocycles. The van der Waals surface area contributed by atoms with E-state index in [0.717, 1.165) is 99.0 Å². The molecular weight excluding hydrogens is 858 g/mol. The van der Waals surface area contributed by atoms with Gasteiger partial charge in [-0.2, -0.15) is 40.3 Å². The normalized spacial score (nSPS) is 11.6. The van der Waals surface area contributed by atoms with Crippen molar-refractivity contribution < 1.29 is 32.7 Å². The van der Waals surface area contributed by atoms with Gasteiger partial charge in [-0.3, -0.25) is 4.57 Å². The van der Waals surface area contributed by atoms with Crippen molar-refractivity contribution in [3.05, 3.63) is 218 Å². The van der Waals surface area contributed by atoms with Crippen molar-refractivity contribution in [3.8, 4) is 51.2 Å². The fourth-order valence-electron chi connectivity index (χ4n) is 9.68. The van der Waals surface area contributed by atoms with Crippen LogP contribution in [0.3, 0.4) is 0 Å². The Morgan fingerprint density at radius 3 is 1.27 bits per heavy atom. The monoisotopic (exact) mass is 891 g/mol. The second-order valence-corrected chi connectivity index (χ2v) is 15.8. The Kier molecular flexibility index (Phi) is 9.18. The van der Waals surface area contributed by atoms with Gasteiger partial charge in [0.05, 0.1) is 11.0 Å². The van der Waals surface area contributed by atoms with Crippen LogP contribution in [-0.4, -0.2) is 28.7 Å². The summed E-state index contributed by atoms with van der Waals surface area (Å²) in [6, 6.07) is 79.4. The maximum atomic E-state index is 5.66. The van der Waals surface area contributed by atoms with Gasteiger partial charge in [0.2, 0.25) is 5.95 Å². The van der Waals surface area contributed by atoms with Crippen LogP contribution in [0.1, 0.15) is 0 Å². The van der Waals surface area contributed by atoms with E-state index in [1.165, 1.54) is 0 Å². The van der Waals surface area contributed by atoms with Gasteiger partial charge in [-0.05, 0) is 47.6 Å². The molecular formula is C57H34N6Y-2. The molecule has 0 aliphatic carbocycles. The molecule has 9 aromatic carbocycles. The fourth-order valence-corrected chi connectivity index (χ4v) is 9.68. The van der Waals surface area contributed by atoms with Crippen LogP contribution in [-0.2, 0) is 32.7 Å². The SMILES string of the molecule is [Y].[c-]1ccccc1-c1[c-]cc(-n2c3ccccc3c3ccccc32)c(-c2nc(-c3ccccc3)nc(-n3c4ccccc4c4ccccc43)n2)c1-n1c2ccccc2c2ccccc21. The van der Waals surface area contributed by atoms with Crippen LogP contribution in [0.5, 0.6) is 0 Å². The Hall–Kier alpha value is -7.51. The first-order valence-corrected chi connectivity index (χ1v) is 21.1. The van der Waals surface area contributed by atoms with E-state index >= 15 is 0 Å². The molecule has 6 nitrogen and oxygen atoms in total. The maximum absolute atomic E-state index is 5.66. The Labute approximate surface area is 393 Å². The smallest absolute Gasteiger partial charge is 0.238 e. The molecule has 4 aromatic heterocycles. The van der Waals surface area contributed by atoms with Gasteiger partial charge in [-0.25, -0.2) is 16.1 Å². The van der Waals surface area contributed by atoms with Crippen LogP contribution in [0.15, 0.2) is 206 Å². The van der Waals surface area contributed by atoms with Gasteiger partial charge in [0.25, 0.3) is 0 Å². The predicted octanol–water partition coefficient (Wildman–Crippen LogP) is 13.8. The van der Waals surface area contributed by atoms with Gasteiger partial charge in [-0.15, -0.1) is 12.1 Å². The first kappa shape index (κ1) is 38.2. The van der Waals surface area contributed by atoms with Gasteiger partial charge >= 0.3 is 0 Å². The van der Waals surface area contributed by atoms with Crippen LogP contribution in [0.25, 0.3) is 117 Å². The summed E-state index contributed by atoms with van der Waals surface area (Å²) in [6.45, 7) is 0. The molecule has 64 heavy (non-hydrogen) atoms. The van der Waals surface area contributed by atoms with E-state index in [0.29, 0.717) is 17.6 Å². The summed E-state index contributed by atoms with van der Waals surface area (Å²) in [7, 11) is 0. The zero-order valence-electron chi connectivity index (χ0n) is 34.4. The Bertz CT molecular complexity index is 3760. The van der Waals surface area contributed by atoms with E-state index in [4.69, 9.17) is 15.0 Å². The standard InChI is InChI=1S/C57H34N6.Y/c1-3-19-37(20-4-1)39-35-36-52(61-46-29-13-7-23-40(46)41-24-8-14-30-47(41)61)53(54(39)62-48-31-15-9-25-42(48)43-26-10-16-32-49(43)62)56-58-55(38-21-5-2-6-22-38)59-57(60-56)63-50-33-17-11-27-44(50)45-28-12-18-34-51(45)63;/h1-19,21-34,36H;/q-2;. The number of rotatable bonds is 6. The van der Waals surface area contributed by atoms with Crippen LogP contribution in [0, 0.1) is 12.1 Å². The van der Waals surface area contributed by atoms with Gasteiger partial charge < -0.3 is 9.13 Å². The molecule has 0 saturated carbocycles. The zero-order chi connectivity index (χ0) is 41.4. The van der Waals surface area contributed by atoms with E-state index in [1.807, 2.05) is 30.3 Å². The summed E-state index contributed by atoms with van der Waals surface area (Å²) >= 11 is 0. The minimum absolute atomic E-state index is 0. The van der Waals surface area contributed by atoms with E-state index in [9.17, 15) is 0 Å². The summed E-state index contributed by atoms with van der Waals surface area (Å²) in [5, 5.41) is 6.87. The molecule has 13 aromatic rings. The summed E-state index contributed by atoms with van der Waals surface area (Å²) < 4.78 is 6.93. The number of hydrogen-bond donors (Lipinski definition) is 0. The fraction of sp³-hybridized carbons (Fsp3) is 0. The Balaban J connectivity index is 0.00000433. The molecule has 0 N–H and O–H groups in total. The summed E-state index contributed by atoms with van der Waals surface area (Å²) in [6.07, 6.45) is 0. The molecule has 1 radical (unpaired) electrons. The molecule has 0 amide bonds. The van der Waals surface area contributed by atoms with Crippen LogP contribution in [0.2, 0.25) is 0 Å². The maximum Gasteiger partial charge on any atom is 0.238 e. The van der Waals surface area contributed by atoms with Gasteiger partial charge in [0.15, 0.2) is 11.6 Å². The van der Waals surface area contributed by atoms with Crippen molar-refractivity contribution in [2.24, 2.45) is 0 Å². The first-order chi connectivity index (χ1) is 31.3. The average molecular weight is 892 g/mol. The van der Waals surface area contributed by atoms with E-state index in [-0.39, 0.29) is 32.7 Å². The van der Waals surface area contributed by atoms with Gasteiger partial charge in [0.1, 0.15) is 0 Å². The van der Waals surface area contributed by atoms with Crippen molar-refractivity contribution in [2.45, 2.75) is 0 Å². The summed E-state index contributed by atoms with van der Waals surface area (Å²) in [5.74, 6) is 1.62. The van der Waals surface area contributed by atoms with E-state index in [1.54, 1.807) is 0 Å². The number of benzene rings is 9. The molecule has 0 saturated heterocycles. The number of aromatic nitrogens is 6. The van der Waals surface area contributed by atoms with Crippen molar-refractivity contribution in [1.82, 2.24) is 28.7 Å². The van der Waals surface area contributed by atoms with E-state index < -0.39 is 0 Å². The molecule has 0 unspecified atom stereocenters. The summed E-state index contributed by atoms with van der Waals surface area (Å²) in [5.41, 5.74) is 11.6. The Morgan fingerprint density at radius 2 is 0.781 bits per heavy atom. The van der Waals surface area contributed by atoms with Gasteiger partial charge in [0, 0.05) is 92.7 Å². The molecule has 4 heterocycles. The Morgan fingerprint density at radius 1 is 0.359 bits per heavy atom. The molecule has 297 valence electrons. The molecule has 0 bridgehead atoms. The third kappa shape index (κ3) is 5.83. The topological polar surface area (TPSA) is 53.5 Å². The van der Waals surface area contributed by atoms with E-state index in [2.05, 4.69) is 202 Å². The number of para-hydroxylation sites is 6. The first-order valence-electron chi connectivity index (χ1n) is 21.1. The van der Waals surface area contributed by atoms with Gasteiger partial charge in [-0.1, -0.05) is 145 Å². The predicted molar refractivity (Wildman–Crippen MR) is 257 cm³/mol. The van der Waals surface area contributed by atoms with Crippen molar-refractivity contribution in [3.63, 3.8) is 0 Å².